The van der Waals surface area contributed by atoms with Gasteiger partial charge in [-0.2, -0.15) is 4.98 Å². The Morgan fingerprint density at radius 2 is 2.21 bits per heavy atom. The van der Waals surface area contributed by atoms with Gasteiger partial charge in [-0.15, -0.1) is 0 Å². The maximum absolute atomic E-state index is 11.5. The molecule has 0 unspecified atom stereocenters. The van der Waals surface area contributed by atoms with Crippen LogP contribution in [0, 0.1) is 0 Å². The number of aromatic nitrogens is 2. The summed E-state index contributed by atoms with van der Waals surface area (Å²) >= 11 is 0. The molecule has 0 radical (unpaired) electrons. The molecule has 0 fully saturated rings. The molecule has 0 aliphatic carbocycles. The zero-order chi connectivity index (χ0) is 10.8. The summed E-state index contributed by atoms with van der Waals surface area (Å²) < 4.78 is 1.63. The lowest BCUT2D eigenvalue weighted by molar-refractivity contribution is 0.310. The number of hydrogen-bond acceptors (Lipinski definition) is 3. The van der Waals surface area contributed by atoms with Crippen LogP contribution in [0.1, 0.15) is 33.6 Å². The van der Waals surface area contributed by atoms with E-state index in [0.29, 0.717) is 0 Å². The predicted molar refractivity (Wildman–Crippen MR) is 57.1 cm³/mol. The van der Waals surface area contributed by atoms with Crippen molar-refractivity contribution < 1.29 is 0 Å². The number of nitrogens with zero attached hydrogens (tertiary/aromatic N) is 2. The Bertz CT molecular complexity index is 368. The monoisotopic (exact) mass is 195 g/mol. The summed E-state index contributed by atoms with van der Waals surface area (Å²) in [5.74, 6) is 0.276. The second kappa shape index (κ2) is 3.82. The Morgan fingerprint density at radius 3 is 2.71 bits per heavy atom. The van der Waals surface area contributed by atoms with Crippen LogP contribution < -0.4 is 11.4 Å². The van der Waals surface area contributed by atoms with Crippen molar-refractivity contribution >= 4 is 5.82 Å². The highest BCUT2D eigenvalue weighted by Crippen LogP contribution is 2.18. The van der Waals surface area contributed by atoms with Crippen LogP contribution in [0.3, 0.4) is 0 Å². The Labute approximate surface area is 83.8 Å². The average molecular weight is 195 g/mol. The van der Waals surface area contributed by atoms with Crippen LogP contribution in [0.25, 0.3) is 0 Å². The fraction of sp³-hybridized carbons (Fsp3) is 0.600. The summed E-state index contributed by atoms with van der Waals surface area (Å²) in [6.45, 7) is 6.14. The summed E-state index contributed by atoms with van der Waals surface area (Å²) in [5.41, 5.74) is 4.96. The van der Waals surface area contributed by atoms with Gasteiger partial charge < -0.3 is 5.73 Å². The smallest absolute Gasteiger partial charge is 0.349 e. The molecule has 0 aromatic carbocycles. The molecule has 0 aliphatic heterocycles. The molecule has 4 nitrogen and oxygen atoms in total. The first-order chi connectivity index (χ1) is 6.47. The fourth-order valence-electron chi connectivity index (χ4n) is 1.61. The largest absolute Gasteiger partial charge is 0.383 e. The molecule has 0 spiro atoms. The maximum atomic E-state index is 11.5. The van der Waals surface area contributed by atoms with Crippen LogP contribution in [-0.2, 0) is 5.54 Å². The minimum absolute atomic E-state index is 0.188. The Balaban J connectivity index is 3.13. The van der Waals surface area contributed by atoms with E-state index in [9.17, 15) is 4.79 Å². The number of anilines is 1. The second-order valence-corrected chi connectivity index (χ2v) is 4.07. The molecule has 1 heterocycles. The van der Waals surface area contributed by atoms with Gasteiger partial charge in [-0.1, -0.05) is 13.3 Å². The Kier molecular flexibility index (Phi) is 2.93. The quantitative estimate of drug-likeness (QED) is 0.792. The van der Waals surface area contributed by atoms with Crippen molar-refractivity contribution in [2.24, 2.45) is 0 Å². The van der Waals surface area contributed by atoms with Gasteiger partial charge in [0.1, 0.15) is 5.82 Å². The highest BCUT2D eigenvalue weighted by molar-refractivity contribution is 5.23. The van der Waals surface area contributed by atoms with E-state index in [1.165, 1.54) is 0 Å². The normalized spacial score (nSPS) is 11.6. The van der Waals surface area contributed by atoms with Gasteiger partial charge in [-0.25, -0.2) is 4.79 Å². The van der Waals surface area contributed by atoms with Gasteiger partial charge in [-0.3, -0.25) is 4.57 Å². The van der Waals surface area contributed by atoms with Crippen LogP contribution in [-0.4, -0.2) is 9.55 Å². The minimum Gasteiger partial charge on any atom is -0.383 e. The molecule has 78 valence electrons. The van der Waals surface area contributed by atoms with E-state index < -0.39 is 0 Å². The lowest BCUT2D eigenvalue weighted by Crippen LogP contribution is -2.37. The minimum atomic E-state index is -0.275. The molecule has 1 aromatic heterocycles. The third-order valence-electron chi connectivity index (χ3n) is 2.34. The summed E-state index contributed by atoms with van der Waals surface area (Å²) in [5, 5.41) is 0. The summed E-state index contributed by atoms with van der Waals surface area (Å²) in [6, 6.07) is 1.65. The standard InChI is InChI=1S/C10H17N3O/c1-4-6-10(2,3)13-7-5-8(11)12-9(13)14/h5,7H,4,6H2,1-3H3,(H2,11,12,14). The molecule has 1 aromatic rings. The zero-order valence-corrected chi connectivity index (χ0v) is 8.95. The second-order valence-electron chi connectivity index (χ2n) is 4.07. The molecule has 14 heavy (non-hydrogen) atoms. The molecule has 0 aliphatic rings. The van der Waals surface area contributed by atoms with Crippen LogP contribution in [0.15, 0.2) is 17.1 Å². The number of nitrogen functional groups attached to an aromatic ring is 1. The molecule has 0 atom stereocenters. The van der Waals surface area contributed by atoms with E-state index in [1.54, 1.807) is 16.8 Å². The third-order valence-corrected chi connectivity index (χ3v) is 2.34. The van der Waals surface area contributed by atoms with E-state index in [2.05, 4.69) is 11.9 Å². The summed E-state index contributed by atoms with van der Waals surface area (Å²) in [6.07, 6.45) is 3.68. The van der Waals surface area contributed by atoms with Crippen molar-refractivity contribution in [1.82, 2.24) is 9.55 Å². The summed E-state index contributed by atoms with van der Waals surface area (Å²) in [7, 11) is 0. The molecule has 4 heteroatoms. The van der Waals surface area contributed by atoms with Crippen LogP contribution in [0.2, 0.25) is 0 Å². The molecule has 0 amide bonds. The van der Waals surface area contributed by atoms with Gasteiger partial charge in [0.15, 0.2) is 0 Å². The van der Waals surface area contributed by atoms with E-state index in [4.69, 9.17) is 5.73 Å². The Hall–Kier alpha value is -1.32. The van der Waals surface area contributed by atoms with Crippen molar-refractivity contribution in [3.8, 4) is 0 Å². The number of hydrogen-bond donors (Lipinski definition) is 1. The molecular formula is C10H17N3O. The number of rotatable bonds is 3. The SMILES string of the molecule is CCCC(C)(C)n1ccc(N)nc1=O. The molecule has 2 N–H and O–H groups in total. The van der Waals surface area contributed by atoms with Gasteiger partial charge >= 0.3 is 5.69 Å². The summed E-state index contributed by atoms with van der Waals surface area (Å²) in [4.78, 5) is 15.2. The lowest BCUT2D eigenvalue weighted by Gasteiger charge is -2.26. The van der Waals surface area contributed by atoms with Gasteiger partial charge in [0, 0.05) is 11.7 Å². The molecule has 0 saturated heterocycles. The van der Waals surface area contributed by atoms with Gasteiger partial charge in [0.25, 0.3) is 0 Å². The Morgan fingerprint density at radius 1 is 1.57 bits per heavy atom. The van der Waals surface area contributed by atoms with Crippen molar-refractivity contribution in [3.05, 3.63) is 22.7 Å². The van der Waals surface area contributed by atoms with Gasteiger partial charge in [0.2, 0.25) is 0 Å². The molecule has 0 saturated carbocycles. The fourth-order valence-corrected chi connectivity index (χ4v) is 1.61. The van der Waals surface area contributed by atoms with E-state index in [-0.39, 0.29) is 17.0 Å². The topological polar surface area (TPSA) is 60.9 Å². The molecule has 0 bridgehead atoms. The van der Waals surface area contributed by atoms with Crippen molar-refractivity contribution in [2.45, 2.75) is 39.2 Å². The molecular weight excluding hydrogens is 178 g/mol. The van der Waals surface area contributed by atoms with E-state index in [1.807, 2.05) is 13.8 Å². The first-order valence-corrected chi connectivity index (χ1v) is 4.83. The van der Waals surface area contributed by atoms with Crippen LogP contribution in [0.5, 0.6) is 0 Å². The average Bonchev–Trinajstić information content (AvgIpc) is 2.02. The maximum Gasteiger partial charge on any atom is 0.349 e. The van der Waals surface area contributed by atoms with Crippen molar-refractivity contribution in [2.75, 3.05) is 5.73 Å². The molecule has 1 rings (SSSR count). The van der Waals surface area contributed by atoms with Gasteiger partial charge in [-0.05, 0) is 26.3 Å². The predicted octanol–water partition coefficient (Wildman–Crippen LogP) is 1.36. The van der Waals surface area contributed by atoms with E-state index >= 15 is 0 Å². The first kappa shape index (κ1) is 10.8. The van der Waals surface area contributed by atoms with Gasteiger partial charge in [0.05, 0.1) is 0 Å². The van der Waals surface area contributed by atoms with Crippen LogP contribution >= 0.6 is 0 Å². The van der Waals surface area contributed by atoms with E-state index in [0.717, 1.165) is 12.8 Å². The first-order valence-electron chi connectivity index (χ1n) is 4.83. The number of nitrogens with two attached hydrogens (primary N) is 1. The highest BCUT2D eigenvalue weighted by atomic mass is 16.1. The van der Waals surface area contributed by atoms with Crippen LogP contribution in [0.4, 0.5) is 5.82 Å². The third kappa shape index (κ3) is 2.13. The zero-order valence-electron chi connectivity index (χ0n) is 8.95. The highest BCUT2D eigenvalue weighted by Gasteiger charge is 2.20. The van der Waals surface area contributed by atoms with Crippen molar-refractivity contribution in [1.29, 1.82) is 0 Å². The van der Waals surface area contributed by atoms with Crippen molar-refractivity contribution in [3.63, 3.8) is 0 Å². The lowest BCUT2D eigenvalue weighted by atomic mass is 9.99.